The molecule has 0 aliphatic heterocycles. The van der Waals surface area contributed by atoms with E-state index in [2.05, 4.69) is 15.5 Å². The summed E-state index contributed by atoms with van der Waals surface area (Å²) in [6.45, 7) is 3.76. The summed E-state index contributed by atoms with van der Waals surface area (Å²) in [5.41, 5.74) is 2.09. The van der Waals surface area contributed by atoms with Crippen LogP contribution < -0.4 is 4.74 Å². The van der Waals surface area contributed by atoms with Crippen LogP contribution in [0.1, 0.15) is 17.0 Å². The minimum absolute atomic E-state index is 0.130. The van der Waals surface area contributed by atoms with Crippen LogP contribution in [0.25, 0.3) is 0 Å². The van der Waals surface area contributed by atoms with Gasteiger partial charge in [-0.1, -0.05) is 12.1 Å². The lowest BCUT2D eigenvalue weighted by molar-refractivity contribution is -0.138. The van der Waals surface area contributed by atoms with E-state index in [0.29, 0.717) is 5.82 Å². The van der Waals surface area contributed by atoms with Crippen molar-refractivity contribution in [2.45, 2.75) is 27.0 Å². The number of nitrogens with zero attached hydrogens (tertiary/aromatic N) is 4. The summed E-state index contributed by atoms with van der Waals surface area (Å²) >= 11 is 0. The molecule has 7 heteroatoms. The van der Waals surface area contributed by atoms with Crippen LogP contribution in [0.15, 0.2) is 18.2 Å². The molecule has 1 heterocycles. The Labute approximate surface area is 109 Å². The molecule has 0 aliphatic carbocycles. The van der Waals surface area contributed by atoms with Gasteiger partial charge in [-0.2, -0.15) is 0 Å². The van der Waals surface area contributed by atoms with Crippen LogP contribution in [0.5, 0.6) is 5.75 Å². The summed E-state index contributed by atoms with van der Waals surface area (Å²) in [5, 5.41) is 19.5. The lowest BCUT2D eigenvalue weighted by atomic mass is 10.1. The van der Waals surface area contributed by atoms with E-state index in [-0.39, 0.29) is 13.2 Å². The Morgan fingerprint density at radius 1 is 1.42 bits per heavy atom. The van der Waals surface area contributed by atoms with Crippen LogP contribution >= 0.6 is 0 Å². The molecule has 0 radical (unpaired) electrons. The van der Waals surface area contributed by atoms with E-state index in [1.54, 1.807) is 0 Å². The molecule has 1 aromatic heterocycles. The number of carboxylic acid groups (broad SMARTS) is 1. The predicted molar refractivity (Wildman–Crippen MR) is 65.7 cm³/mol. The van der Waals surface area contributed by atoms with Crippen molar-refractivity contribution in [3.8, 4) is 5.75 Å². The number of rotatable bonds is 5. The highest BCUT2D eigenvalue weighted by Gasteiger charge is 2.10. The molecule has 19 heavy (non-hydrogen) atoms. The van der Waals surface area contributed by atoms with Crippen LogP contribution in [0.3, 0.4) is 0 Å². The zero-order valence-corrected chi connectivity index (χ0v) is 10.7. The third-order valence-electron chi connectivity index (χ3n) is 2.59. The predicted octanol–water partition coefficient (Wildman–Crippen LogP) is 0.954. The maximum absolute atomic E-state index is 10.6. The first-order valence-corrected chi connectivity index (χ1v) is 5.73. The fourth-order valence-electron chi connectivity index (χ4n) is 1.58. The van der Waals surface area contributed by atoms with Crippen molar-refractivity contribution in [1.82, 2.24) is 20.2 Å². The van der Waals surface area contributed by atoms with Crippen LogP contribution in [0.2, 0.25) is 0 Å². The molecule has 0 aliphatic rings. The molecule has 0 atom stereocenters. The highest BCUT2D eigenvalue weighted by Crippen LogP contribution is 2.19. The molecule has 2 aromatic rings. The average Bonchev–Trinajstić information content (AvgIpc) is 2.77. The molecule has 0 amide bonds. The van der Waals surface area contributed by atoms with Gasteiger partial charge in [0.1, 0.15) is 18.9 Å². The summed E-state index contributed by atoms with van der Waals surface area (Å²) in [4.78, 5) is 10.6. The summed E-state index contributed by atoms with van der Waals surface area (Å²) in [6.07, 6.45) is 0. The summed E-state index contributed by atoms with van der Waals surface area (Å²) in [7, 11) is 0. The molecule has 0 saturated carbocycles. The van der Waals surface area contributed by atoms with Crippen molar-refractivity contribution in [3.63, 3.8) is 0 Å². The largest absolute Gasteiger partial charge is 0.485 e. The van der Waals surface area contributed by atoms with Gasteiger partial charge < -0.3 is 9.84 Å². The van der Waals surface area contributed by atoms with Crippen molar-refractivity contribution in [1.29, 1.82) is 0 Å². The van der Waals surface area contributed by atoms with E-state index >= 15 is 0 Å². The lowest BCUT2D eigenvalue weighted by Gasteiger charge is -2.09. The Morgan fingerprint density at radius 3 is 2.95 bits per heavy atom. The number of aryl methyl sites for hydroxylation is 2. The Kier molecular flexibility index (Phi) is 3.74. The standard InChI is InChI=1S/C12H14N4O3/c1-8-3-4-9(2)10(5-8)19-7-11-13-14-15-16(11)6-12(17)18/h3-5H,6-7H2,1-2H3,(H,17,18). The fraction of sp³-hybridized carbons (Fsp3) is 0.333. The first-order valence-electron chi connectivity index (χ1n) is 5.73. The Hall–Kier alpha value is -2.44. The number of ether oxygens (including phenoxy) is 1. The summed E-state index contributed by atoms with van der Waals surface area (Å²) in [6, 6.07) is 5.88. The second-order valence-corrected chi connectivity index (χ2v) is 4.20. The molecule has 0 spiro atoms. The third-order valence-corrected chi connectivity index (χ3v) is 2.59. The minimum atomic E-state index is -1.000. The van der Waals surface area contributed by atoms with E-state index in [0.717, 1.165) is 16.9 Å². The van der Waals surface area contributed by atoms with Gasteiger partial charge >= 0.3 is 5.97 Å². The van der Waals surface area contributed by atoms with Gasteiger partial charge in [0, 0.05) is 0 Å². The second kappa shape index (κ2) is 5.47. The van der Waals surface area contributed by atoms with Crippen molar-refractivity contribution in [3.05, 3.63) is 35.2 Å². The maximum Gasteiger partial charge on any atom is 0.325 e. The van der Waals surface area contributed by atoms with E-state index in [1.807, 2.05) is 32.0 Å². The number of hydrogen-bond acceptors (Lipinski definition) is 5. The molecule has 1 N–H and O–H groups in total. The smallest absolute Gasteiger partial charge is 0.325 e. The molecular formula is C12H14N4O3. The second-order valence-electron chi connectivity index (χ2n) is 4.20. The van der Waals surface area contributed by atoms with Gasteiger partial charge in [0.15, 0.2) is 5.82 Å². The Bertz CT molecular complexity index is 594. The molecule has 0 unspecified atom stereocenters. The van der Waals surface area contributed by atoms with Crippen LogP contribution in [0, 0.1) is 13.8 Å². The Morgan fingerprint density at radius 2 is 2.21 bits per heavy atom. The van der Waals surface area contributed by atoms with Gasteiger partial charge in [-0.25, -0.2) is 4.68 Å². The van der Waals surface area contributed by atoms with Crippen LogP contribution in [0.4, 0.5) is 0 Å². The Balaban J connectivity index is 2.08. The number of carbonyl (C=O) groups is 1. The summed E-state index contributed by atoms with van der Waals surface area (Å²) < 4.78 is 6.83. The highest BCUT2D eigenvalue weighted by molar-refractivity contribution is 5.66. The molecule has 100 valence electrons. The van der Waals surface area contributed by atoms with E-state index in [1.165, 1.54) is 4.68 Å². The minimum Gasteiger partial charge on any atom is -0.485 e. The third kappa shape index (κ3) is 3.27. The van der Waals surface area contributed by atoms with Gasteiger partial charge in [-0.3, -0.25) is 4.79 Å². The average molecular weight is 262 g/mol. The SMILES string of the molecule is Cc1ccc(C)c(OCc2nnnn2CC(=O)O)c1. The molecule has 7 nitrogen and oxygen atoms in total. The van der Waals surface area contributed by atoms with Crippen molar-refractivity contribution < 1.29 is 14.6 Å². The number of aliphatic carboxylic acids is 1. The molecule has 0 fully saturated rings. The quantitative estimate of drug-likeness (QED) is 0.862. The van der Waals surface area contributed by atoms with Crippen molar-refractivity contribution >= 4 is 5.97 Å². The van der Waals surface area contributed by atoms with Crippen LogP contribution in [-0.4, -0.2) is 31.3 Å². The first-order chi connectivity index (χ1) is 9.06. The van der Waals surface area contributed by atoms with Gasteiger partial charge in [-0.15, -0.1) is 5.10 Å². The maximum atomic E-state index is 10.6. The molecule has 0 saturated heterocycles. The lowest BCUT2D eigenvalue weighted by Crippen LogP contribution is -2.15. The van der Waals surface area contributed by atoms with E-state index < -0.39 is 5.97 Å². The molecule has 1 aromatic carbocycles. The van der Waals surface area contributed by atoms with Crippen LogP contribution in [-0.2, 0) is 17.9 Å². The van der Waals surface area contributed by atoms with E-state index in [4.69, 9.17) is 9.84 Å². The molecule has 0 bridgehead atoms. The molecular weight excluding hydrogens is 248 g/mol. The number of aromatic nitrogens is 4. The van der Waals surface area contributed by atoms with Gasteiger partial charge in [0.05, 0.1) is 0 Å². The topological polar surface area (TPSA) is 90.1 Å². The van der Waals surface area contributed by atoms with Crippen molar-refractivity contribution in [2.24, 2.45) is 0 Å². The monoisotopic (exact) mass is 262 g/mol. The van der Waals surface area contributed by atoms with Gasteiger partial charge in [0.2, 0.25) is 0 Å². The van der Waals surface area contributed by atoms with Gasteiger partial charge in [-0.05, 0) is 41.5 Å². The number of carboxylic acids is 1. The van der Waals surface area contributed by atoms with Gasteiger partial charge in [0.25, 0.3) is 0 Å². The van der Waals surface area contributed by atoms with E-state index in [9.17, 15) is 4.79 Å². The highest BCUT2D eigenvalue weighted by atomic mass is 16.5. The fourth-order valence-corrected chi connectivity index (χ4v) is 1.58. The number of benzene rings is 1. The van der Waals surface area contributed by atoms with Crippen molar-refractivity contribution in [2.75, 3.05) is 0 Å². The number of hydrogen-bond donors (Lipinski definition) is 1. The normalized spacial score (nSPS) is 10.4. The zero-order chi connectivity index (χ0) is 13.8. The molecule has 2 rings (SSSR count). The summed E-state index contributed by atoms with van der Waals surface area (Å²) in [5.74, 6) is 0.119. The zero-order valence-electron chi connectivity index (χ0n) is 10.7. The first kappa shape index (κ1) is 13.0. The number of tetrazole rings is 1.